The lowest BCUT2D eigenvalue weighted by atomic mass is 9.87. The Kier molecular flexibility index (Phi) is 9.51. The Hall–Kier alpha value is -2.87. The van der Waals surface area contributed by atoms with Gasteiger partial charge < -0.3 is 19.6 Å². The van der Waals surface area contributed by atoms with Gasteiger partial charge in [0, 0.05) is 18.7 Å². The van der Waals surface area contributed by atoms with Gasteiger partial charge in [-0.05, 0) is 81.6 Å². The summed E-state index contributed by atoms with van der Waals surface area (Å²) in [6.45, 7) is 6.51. The van der Waals surface area contributed by atoms with Gasteiger partial charge in [0.2, 0.25) is 0 Å². The fourth-order valence-corrected chi connectivity index (χ4v) is 4.96. The van der Waals surface area contributed by atoms with Gasteiger partial charge in [-0.2, -0.15) is 4.74 Å². The first-order valence-electron chi connectivity index (χ1n) is 12.3. The first kappa shape index (κ1) is 25.7. The van der Waals surface area contributed by atoms with Gasteiger partial charge in [-0.25, -0.2) is 9.59 Å². The molecule has 2 heterocycles. The summed E-state index contributed by atoms with van der Waals surface area (Å²) in [5, 5.41) is 16.3. The zero-order valence-corrected chi connectivity index (χ0v) is 19.9. The van der Waals surface area contributed by atoms with Gasteiger partial charge in [-0.1, -0.05) is 25.3 Å². The van der Waals surface area contributed by atoms with Crippen LogP contribution in [0.5, 0.6) is 0 Å². The number of hydrogen-bond acceptors (Lipinski definition) is 5. The standard InChI is InChI=1S/C22H32N2O2.C4H4O4/c1-17-7-8-20-21(15-17)26-24(22(20)25)14-11-18-9-12-23(13-10-18)16-19-5-3-2-4-6-19;5-3(6)1-2-4(7)8/h7-8,15,18-19H,2-6,9-14,16H2,1H3;1-2H,(H,5,6)(H,7,8). The molecule has 4 rings (SSSR count). The van der Waals surface area contributed by atoms with Crippen molar-refractivity contribution < 1.29 is 24.3 Å². The van der Waals surface area contributed by atoms with Crippen molar-refractivity contribution in [2.24, 2.45) is 11.8 Å². The third-order valence-corrected chi connectivity index (χ3v) is 6.86. The van der Waals surface area contributed by atoms with Crippen LogP contribution in [0.3, 0.4) is 0 Å². The molecule has 34 heavy (non-hydrogen) atoms. The molecule has 0 amide bonds. The molecule has 1 aliphatic carbocycles. The van der Waals surface area contributed by atoms with Gasteiger partial charge in [0.1, 0.15) is 0 Å². The van der Waals surface area contributed by atoms with E-state index < -0.39 is 11.9 Å². The van der Waals surface area contributed by atoms with E-state index in [1.165, 1.54) is 64.6 Å². The number of hydrogen-bond donors (Lipinski definition) is 2. The summed E-state index contributed by atoms with van der Waals surface area (Å²) in [6, 6.07) is 5.82. The van der Waals surface area contributed by atoms with Gasteiger partial charge in [0.25, 0.3) is 5.56 Å². The number of fused-ring (bicyclic) bond motifs is 1. The lowest BCUT2D eigenvalue weighted by Gasteiger charge is -2.35. The molecular weight excluding hydrogens is 436 g/mol. The summed E-state index contributed by atoms with van der Waals surface area (Å²) in [5.41, 5.74) is 1.87. The summed E-state index contributed by atoms with van der Waals surface area (Å²) in [6.07, 6.45) is 11.9. The highest BCUT2D eigenvalue weighted by Crippen LogP contribution is 2.27. The third kappa shape index (κ3) is 7.87. The van der Waals surface area contributed by atoms with Gasteiger partial charge >= 0.3 is 11.9 Å². The Morgan fingerprint density at radius 1 is 1.00 bits per heavy atom. The number of aromatic nitrogens is 1. The van der Waals surface area contributed by atoms with Crippen molar-refractivity contribution >= 4 is 22.9 Å². The molecule has 1 aromatic heterocycles. The van der Waals surface area contributed by atoms with E-state index in [0.29, 0.717) is 24.1 Å². The average Bonchev–Trinajstić information content (AvgIpc) is 3.13. The molecule has 0 spiro atoms. The minimum Gasteiger partial charge on any atom is -0.478 e. The first-order chi connectivity index (χ1) is 16.3. The highest BCUT2D eigenvalue weighted by atomic mass is 16.5. The minimum absolute atomic E-state index is 0.0229. The Bertz CT molecular complexity index is 1020. The van der Waals surface area contributed by atoms with Crippen LogP contribution in [-0.2, 0) is 16.1 Å². The Morgan fingerprint density at radius 3 is 2.26 bits per heavy atom. The van der Waals surface area contributed by atoms with E-state index in [4.69, 9.17) is 14.7 Å². The molecule has 1 aliphatic heterocycles. The van der Waals surface area contributed by atoms with E-state index >= 15 is 0 Å². The fraction of sp³-hybridized carbons (Fsp3) is 0.577. The molecule has 8 heteroatoms. The maximum absolute atomic E-state index is 12.4. The molecule has 2 aliphatic rings. The SMILES string of the molecule is Cc1ccc2c(=O)n(CCC3CCN(CC4CCCCC4)CC3)oc2c1.O=C(O)C=CC(=O)O. The molecular formula is C26H36N2O6. The quantitative estimate of drug-likeness (QED) is 0.578. The second-order valence-electron chi connectivity index (χ2n) is 9.54. The molecule has 8 nitrogen and oxygen atoms in total. The predicted molar refractivity (Wildman–Crippen MR) is 130 cm³/mol. The van der Waals surface area contributed by atoms with Gasteiger partial charge in [0.15, 0.2) is 5.58 Å². The van der Waals surface area contributed by atoms with Crippen LogP contribution in [0.2, 0.25) is 0 Å². The average molecular weight is 473 g/mol. The third-order valence-electron chi connectivity index (χ3n) is 6.86. The van der Waals surface area contributed by atoms with E-state index in [1.807, 2.05) is 25.1 Å². The number of aliphatic carboxylic acids is 2. The van der Waals surface area contributed by atoms with Crippen LogP contribution < -0.4 is 5.56 Å². The summed E-state index contributed by atoms with van der Waals surface area (Å²) < 4.78 is 7.35. The molecule has 0 unspecified atom stereocenters. The van der Waals surface area contributed by atoms with Crippen LogP contribution in [0, 0.1) is 18.8 Å². The smallest absolute Gasteiger partial charge is 0.328 e. The van der Waals surface area contributed by atoms with Crippen LogP contribution in [-0.4, -0.2) is 51.4 Å². The fourth-order valence-electron chi connectivity index (χ4n) is 4.96. The van der Waals surface area contributed by atoms with E-state index in [2.05, 4.69) is 4.90 Å². The van der Waals surface area contributed by atoms with Crippen LogP contribution in [0.1, 0.15) is 56.9 Å². The molecule has 0 bridgehead atoms. The second kappa shape index (κ2) is 12.6. The lowest BCUT2D eigenvalue weighted by molar-refractivity contribution is -0.134. The number of benzene rings is 1. The monoisotopic (exact) mass is 472 g/mol. The Balaban J connectivity index is 0.000000350. The van der Waals surface area contributed by atoms with Crippen LogP contribution in [0.15, 0.2) is 39.7 Å². The van der Waals surface area contributed by atoms with E-state index in [0.717, 1.165) is 29.4 Å². The number of rotatable bonds is 7. The van der Waals surface area contributed by atoms with E-state index in [9.17, 15) is 14.4 Å². The zero-order chi connectivity index (χ0) is 24.5. The molecule has 2 N–H and O–H groups in total. The maximum atomic E-state index is 12.4. The van der Waals surface area contributed by atoms with Crippen molar-refractivity contribution in [3.8, 4) is 0 Å². The predicted octanol–water partition coefficient (Wildman–Crippen LogP) is 4.30. The van der Waals surface area contributed by atoms with Crippen molar-refractivity contribution in [3.63, 3.8) is 0 Å². The largest absolute Gasteiger partial charge is 0.478 e. The maximum Gasteiger partial charge on any atom is 0.328 e. The number of aryl methyl sites for hydroxylation is 2. The normalized spacial score (nSPS) is 18.1. The van der Waals surface area contributed by atoms with Crippen molar-refractivity contribution in [1.82, 2.24) is 9.64 Å². The van der Waals surface area contributed by atoms with Crippen molar-refractivity contribution in [2.75, 3.05) is 19.6 Å². The molecule has 1 saturated heterocycles. The minimum atomic E-state index is -1.26. The van der Waals surface area contributed by atoms with Crippen LogP contribution in [0.25, 0.3) is 11.0 Å². The molecule has 1 aromatic carbocycles. The Morgan fingerprint density at radius 2 is 1.65 bits per heavy atom. The molecule has 2 fully saturated rings. The van der Waals surface area contributed by atoms with Gasteiger partial charge in [-0.3, -0.25) is 4.79 Å². The topological polar surface area (TPSA) is 113 Å². The molecule has 186 valence electrons. The van der Waals surface area contributed by atoms with Crippen molar-refractivity contribution in [3.05, 3.63) is 46.3 Å². The Labute approximate surface area is 199 Å². The molecule has 0 radical (unpaired) electrons. The molecule has 2 aromatic rings. The van der Waals surface area contributed by atoms with Crippen LogP contribution >= 0.6 is 0 Å². The van der Waals surface area contributed by atoms with Crippen molar-refractivity contribution in [2.45, 2.75) is 64.8 Å². The zero-order valence-electron chi connectivity index (χ0n) is 19.9. The van der Waals surface area contributed by atoms with Gasteiger partial charge in [0.05, 0.1) is 11.9 Å². The lowest BCUT2D eigenvalue weighted by Crippen LogP contribution is -2.37. The number of carboxylic acids is 2. The molecule has 0 atom stereocenters. The van der Waals surface area contributed by atoms with Gasteiger partial charge in [-0.15, -0.1) is 0 Å². The highest BCUT2D eigenvalue weighted by Gasteiger charge is 2.23. The number of likely N-dealkylation sites (tertiary alicyclic amines) is 1. The number of carbonyl (C=O) groups is 2. The highest BCUT2D eigenvalue weighted by molar-refractivity contribution is 5.89. The summed E-state index contributed by atoms with van der Waals surface area (Å²) >= 11 is 0. The van der Waals surface area contributed by atoms with E-state index in [-0.39, 0.29) is 5.56 Å². The number of piperidine rings is 1. The number of carboxylic acid groups (broad SMARTS) is 2. The summed E-state index contributed by atoms with van der Waals surface area (Å²) in [4.78, 5) is 34.2. The first-order valence-corrected chi connectivity index (χ1v) is 12.3. The molecule has 1 saturated carbocycles. The number of nitrogens with zero attached hydrogens (tertiary/aromatic N) is 2. The van der Waals surface area contributed by atoms with Crippen LogP contribution in [0.4, 0.5) is 0 Å². The summed E-state index contributed by atoms with van der Waals surface area (Å²) in [7, 11) is 0. The second-order valence-corrected chi connectivity index (χ2v) is 9.54. The van der Waals surface area contributed by atoms with Crippen molar-refractivity contribution in [1.29, 1.82) is 0 Å². The summed E-state index contributed by atoms with van der Waals surface area (Å²) in [5.74, 6) is -0.850. The van der Waals surface area contributed by atoms with E-state index in [1.54, 1.807) is 4.74 Å².